The van der Waals surface area contributed by atoms with E-state index in [1.807, 2.05) is 36.1 Å². The first-order valence-electron chi connectivity index (χ1n) is 10.2. The predicted molar refractivity (Wildman–Crippen MR) is 114 cm³/mol. The standard InChI is InChI=1S/C23H30N4O2/c1-3-17-7-9-18(10-8-17)21-15-25-11-12-27(21)22(28)14-20(26-23(24)29)19-6-4-5-16(2)13-19/h4-10,13,20-21,25H,3,11-12,14-15H2,1-2H3,(H3,24,26,29). The number of nitrogens with two attached hydrogens (primary N) is 1. The van der Waals surface area contributed by atoms with E-state index in [0.29, 0.717) is 6.54 Å². The number of benzene rings is 2. The van der Waals surface area contributed by atoms with Gasteiger partial charge in [0, 0.05) is 19.6 Å². The first-order chi connectivity index (χ1) is 14.0. The molecule has 29 heavy (non-hydrogen) atoms. The van der Waals surface area contributed by atoms with Gasteiger partial charge in [0.2, 0.25) is 5.91 Å². The number of primary amides is 1. The Kier molecular flexibility index (Phi) is 6.88. The quantitative estimate of drug-likeness (QED) is 0.704. The molecule has 3 rings (SSSR count). The van der Waals surface area contributed by atoms with Gasteiger partial charge in [0.05, 0.1) is 18.5 Å². The van der Waals surface area contributed by atoms with Crippen LogP contribution in [0, 0.1) is 6.92 Å². The molecule has 6 nitrogen and oxygen atoms in total. The van der Waals surface area contributed by atoms with Gasteiger partial charge in [-0.25, -0.2) is 4.79 Å². The van der Waals surface area contributed by atoms with Gasteiger partial charge < -0.3 is 21.3 Å². The zero-order valence-corrected chi connectivity index (χ0v) is 17.2. The highest BCUT2D eigenvalue weighted by Crippen LogP contribution is 2.26. The van der Waals surface area contributed by atoms with Gasteiger partial charge in [-0.3, -0.25) is 4.79 Å². The van der Waals surface area contributed by atoms with Gasteiger partial charge in [-0.1, -0.05) is 61.0 Å². The summed E-state index contributed by atoms with van der Waals surface area (Å²) in [6.45, 7) is 6.22. The van der Waals surface area contributed by atoms with Crippen LogP contribution < -0.4 is 16.4 Å². The molecular formula is C23H30N4O2. The van der Waals surface area contributed by atoms with Gasteiger partial charge in [0.25, 0.3) is 0 Å². The summed E-state index contributed by atoms with van der Waals surface area (Å²) in [5.74, 6) is 0.0105. The summed E-state index contributed by atoms with van der Waals surface area (Å²) in [6, 6.07) is 15.2. The van der Waals surface area contributed by atoms with Crippen molar-refractivity contribution >= 4 is 11.9 Å². The lowest BCUT2D eigenvalue weighted by atomic mass is 9.98. The number of nitrogens with zero attached hydrogens (tertiary/aromatic N) is 1. The van der Waals surface area contributed by atoms with E-state index in [4.69, 9.17) is 5.73 Å². The van der Waals surface area contributed by atoms with Gasteiger partial charge in [0.1, 0.15) is 0 Å². The molecule has 0 radical (unpaired) electrons. The molecule has 0 aromatic heterocycles. The number of hydrogen-bond donors (Lipinski definition) is 3. The Morgan fingerprint density at radius 3 is 2.66 bits per heavy atom. The molecule has 0 spiro atoms. The summed E-state index contributed by atoms with van der Waals surface area (Å²) in [7, 11) is 0. The number of aryl methyl sites for hydroxylation is 2. The highest BCUT2D eigenvalue weighted by atomic mass is 16.2. The molecule has 0 aliphatic carbocycles. The molecule has 2 atom stereocenters. The number of nitrogens with one attached hydrogen (secondary N) is 2. The molecule has 1 fully saturated rings. The Balaban J connectivity index is 1.80. The summed E-state index contributed by atoms with van der Waals surface area (Å²) in [6.07, 6.45) is 1.17. The van der Waals surface area contributed by atoms with Gasteiger partial charge in [-0.2, -0.15) is 0 Å². The first kappa shape index (κ1) is 20.9. The minimum absolute atomic E-state index is 0.0105. The molecule has 154 valence electrons. The van der Waals surface area contributed by atoms with Crippen molar-refractivity contribution in [1.82, 2.24) is 15.5 Å². The lowest BCUT2D eigenvalue weighted by molar-refractivity contribution is -0.135. The Hall–Kier alpha value is -2.86. The van der Waals surface area contributed by atoms with Crippen LogP contribution >= 0.6 is 0 Å². The molecule has 2 aromatic rings. The molecule has 2 aromatic carbocycles. The van der Waals surface area contributed by atoms with Crippen LogP contribution in [0.5, 0.6) is 0 Å². The number of rotatable bonds is 6. The second-order valence-electron chi connectivity index (χ2n) is 7.58. The van der Waals surface area contributed by atoms with Crippen molar-refractivity contribution in [1.29, 1.82) is 0 Å². The van der Waals surface area contributed by atoms with Crippen LogP contribution in [0.4, 0.5) is 4.79 Å². The molecule has 1 saturated heterocycles. The van der Waals surface area contributed by atoms with Crippen LogP contribution in [0.2, 0.25) is 0 Å². The monoisotopic (exact) mass is 394 g/mol. The molecule has 6 heteroatoms. The third-order valence-corrected chi connectivity index (χ3v) is 5.48. The number of carbonyl (C=O) groups excluding carboxylic acids is 2. The van der Waals surface area contributed by atoms with Crippen molar-refractivity contribution < 1.29 is 9.59 Å². The highest BCUT2D eigenvalue weighted by molar-refractivity contribution is 5.79. The van der Waals surface area contributed by atoms with E-state index in [-0.39, 0.29) is 18.4 Å². The average Bonchev–Trinajstić information content (AvgIpc) is 2.73. The molecule has 1 heterocycles. The van der Waals surface area contributed by atoms with Crippen molar-refractivity contribution in [2.45, 2.75) is 38.8 Å². The minimum Gasteiger partial charge on any atom is -0.352 e. The van der Waals surface area contributed by atoms with Crippen LogP contribution in [0.3, 0.4) is 0 Å². The Morgan fingerprint density at radius 2 is 2.00 bits per heavy atom. The summed E-state index contributed by atoms with van der Waals surface area (Å²) in [5.41, 5.74) is 9.74. The van der Waals surface area contributed by atoms with Crippen molar-refractivity contribution in [3.8, 4) is 0 Å². The number of amides is 3. The molecular weight excluding hydrogens is 364 g/mol. The molecule has 1 aliphatic heterocycles. The Bertz CT molecular complexity index is 850. The zero-order chi connectivity index (χ0) is 20.8. The summed E-state index contributed by atoms with van der Waals surface area (Å²) < 4.78 is 0. The van der Waals surface area contributed by atoms with E-state index < -0.39 is 12.1 Å². The van der Waals surface area contributed by atoms with E-state index in [1.165, 1.54) is 5.56 Å². The maximum Gasteiger partial charge on any atom is 0.312 e. The minimum atomic E-state index is -0.628. The van der Waals surface area contributed by atoms with Gasteiger partial charge in [0.15, 0.2) is 0 Å². The zero-order valence-electron chi connectivity index (χ0n) is 17.2. The summed E-state index contributed by atoms with van der Waals surface area (Å²) >= 11 is 0. The molecule has 0 bridgehead atoms. The van der Waals surface area contributed by atoms with Gasteiger partial charge in [-0.05, 0) is 30.0 Å². The third kappa shape index (κ3) is 5.35. The molecule has 1 aliphatic rings. The fourth-order valence-electron chi connectivity index (χ4n) is 3.88. The molecule has 3 amide bonds. The fourth-order valence-corrected chi connectivity index (χ4v) is 3.88. The normalized spacial score (nSPS) is 17.6. The molecule has 2 unspecified atom stereocenters. The fraction of sp³-hybridized carbons (Fsp3) is 0.391. The van der Waals surface area contributed by atoms with Crippen LogP contribution in [-0.4, -0.2) is 36.5 Å². The second-order valence-corrected chi connectivity index (χ2v) is 7.58. The second kappa shape index (κ2) is 9.56. The van der Waals surface area contributed by atoms with Crippen molar-refractivity contribution in [2.75, 3.05) is 19.6 Å². The van der Waals surface area contributed by atoms with E-state index in [1.54, 1.807) is 0 Å². The lowest BCUT2D eigenvalue weighted by Gasteiger charge is -2.37. The van der Waals surface area contributed by atoms with Crippen molar-refractivity contribution in [3.05, 3.63) is 70.8 Å². The average molecular weight is 395 g/mol. The van der Waals surface area contributed by atoms with Crippen LogP contribution in [0.25, 0.3) is 0 Å². The Morgan fingerprint density at radius 1 is 1.24 bits per heavy atom. The van der Waals surface area contributed by atoms with E-state index in [9.17, 15) is 9.59 Å². The molecule has 0 saturated carbocycles. The smallest absolute Gasteiger partial charge is 0.312 e. The van der Waals surface area contributed by atoms with Crippen LogP contribution in [0.1, 0.15) is 47.7 Å². The summed E-state index contributed by atoms with van der Waals surface area (Å²) in [4.78, 5) is 26.7. The predicted octanol–water partition coefficient (Wildman–Crippen LogP) is 2.83. The molecule has 4 N–H and O–H groups in total. The maximum absolute atomic E-state index is 13.3. The highest BCUT2D eigenvalue weighted by Gasteiger charge is 2.30. The van der Waals surface area contributed by atoms with E-state index in [2.05, 4.69) is 41.8 Å². The largest absolute Gasteiger partial charge is 0.352 e. The third-order valence-electron chi connectivity index (χ3n) is 5.48. The van der Waals surface area contributed by atoms with Gasteiger partial charge >= 0.3 is 6.03 Å². The number of hydrogen-bond acceptors (Lipinski definition) is 3. The Labute approximate surface area is 172 Å². The topological polar surface area (TPSA) is 87.5 Å². The summed E-state index contributed by atoms with van der Waals surface area (Å²) in [5, 5.41) is 6.13. The van der Waals surface area contributed by atoms with Crippen molar-refractivity contribution in [3.63, 3.8) is 0 Å². The first-order valence-corrected chi connectivity index (χ1v) is 10.2. The number of carbonyl (C=O) groups is 2. The van der Waals surface area contributed by atoms with E-state index >= 15 is 0 Å². The number of urea groups is 1. The van der Waals surface area contributed by atoms with E-state index in [0.717, 1.165) is 36.2 Å². The van der Waals surface area contributed by atoms with Gasteiger partial charge in [-0.15, -0.1) is 0 Å². The number of piperazine rings is 1. The SMILES string of the molecule is CCc1ccc(C2CNCCN2C(=O)CC(NC(N)=O)c2cccc(C)c2)cc1. The van der Waals surface area contributed by atoms with Crippen LogP contribution in [-0.2, 0) is 11.2 Å². The van der Waals surface area contributed by atoms with Crippen LogP contribution in [0.15, 0.2) is 48.5 Å². The maximum atomic E-state index is 13.3. The van der Waals surface area contributed by atoms with Crippen molar-refractivity contribution in [2.24, 2.45) is 5.73 Å². The lowest BCUT2D eigenvalue weighted by Crippen LogP contribution is -2.49.